The lowest BCUT2D eigenvalue weighted by molar-refractivity contribution is 1.04. The first-order chi connectivity index (χ1) is 5.69. The lowest BCUT2D eigenvalue weighted by Crippen LogP contribution is -1.94. The molecule has 0 amide bonds. The van der Waals surface area contributed by atoms with Crippen LogP contribution in [0.4, 0.5) is 0 Å². The fourth-order valence-electron chi connectivity index (χ4n) is 1.75. The maximum Gasteiger partial charge on any atom is -0.0305 e. The number of aryl methyl sites for hydroxylation is 3. The van der Waals surface area contributed by atoms with Crippen molar-refractivity contribution >= 4 is 0 Å². The fraction of sp³-hybridized carbons (Fsp3) is 0.500. The molecular formula is C12H18. The highest BCUT2D eigenvalue weighted by Crippen LogP contribution is 2.17. The van der Waals surface area contributed by atoms with Crippen LogP contribution in [0.25, 0.3) is 0 Å². The van der Waals surface area contributed by atoms with E-state index in [1.54, 1.807) is 0 Å². The molecule has 0 aliphatic rings. The summed E-state index contributed by atoms with van der Waals surface area (Å²) in [7, 11) is 0. The van der Waals surface area contributed by atoms with Gasteiger partial charge in [0.2, 0.25) is 0 Å². The smallest absolute Gasteiger partial charge is 0.0305 e. The molecule has 0 bridgehead atoms. The predicted molar refractivity (Wildman–Crippen MR) is 54.7 cm³/mol. The lowest BCUT2D eigenvalue weighted by Gasteiger charge is -2.09. The molecule has 66 valence electrons. The highest BCUT2D eigenvalue weighted by molar-refractivity contribution is 5.37. The number of hydrogen-bond acceptors (Lipinski definition) is 0. The quantitative estimate of drug-likeness (QED) is 0.625. The van der Waals surface area contributed by atoms with Crippen LogP contribution in [0.3, 0.4) is 0 Å². The van der Waals surface area contributed by atoms with Crippen molar-refractivity contribution in [1.82, 2.24) is 0 Å². The summed E-state index contributed by atoms with van der Waals surface area (Å²) in [6.07, 6.45) is 2.31. The first-order valence-corrected chi connectivity index (χ1v) is 4.78. The monoisotopic (exact) mass is 162 g/mol. The predicted octanol–water partition coefficient (Wildman–Crippen LogP) is 3.43. The van der Waals surface area contributed by atoms with Crippen LogP contribution >= 0.6 is 0 Å². The Hall–Kier alpha value is -0.780. The summed E-state index contributed by atoms with van der Waals surface area (Å²) in [4.78, 5) is 0. The minimum Gasteiger partial charge on any atom is -0.0613 e. The minimum atomic E-state index is 1.15. The van der Waals surface area contributed by atoms with E-state index in [1.807, 2.05) is 0 Å². The van der Waals surface area contributed by atoms with Crippen molar-refractivity contribution in [3.05, 3.63) is 34.4 Å². The highest BCUT2D eigenvalue weighted by Gasteiger charge is 2.01. The van der Waals surface area contributed by atoms with Gasteiger partial charge in [-0.2, -0.15) is 0 Å². The van der Waals surface area contributed by atoms with Crippen LogP contribution in [0.1, 0.15) is 36.1 Å². The molecular weight excluding hydrogens is 144 g/mol. The zero-order valence-corrected chi connectivity index (χ0v) is 8.57. The third-order valence-electron chi connectivity index (χ3n) is 2.53. The minimum absolute atomic E-state index is 1.15. The van der Waals surface area contributed by atoms with Crippen molar-refractivity contribution in [3.8, 4) is 0 Å². The highest BCUT2D eigenvalue weighted by atomic mass is 14.1. The molecule has 0 heterocycles. The van der Waals surface area contributed by atoms with E-state index in [0.717, 1.165) is 12.8 Å². The van der Waals surface area contributed by atoms with Gasteiger partial charge in [-0.15, -0.1) is 0 Å². The van der Waals surface area contributed by atoms with Crippen LogP contribution in [0, 0.1) is 13.8 Å². The second-order valence-corrected chi connectivity index (χ2v) is 3.42. The van der Waals surface area contributed by atoms with E-state index in [1.165, 1.54) is 22.3 Å². The molecule has 0 saturated heterocycles. The summed E-state index contributed by atoms with van der Waals surface area (Å²) in [6.45, 7) is 8.86. The Morgan fingerprint density at radius 1 is 0.917 bits per heavy atom. The normalized spacial score (nSPS) is 10.3. The molecule has 0 heteroatoms. The summed E-state index contributed by atoms with van der Waals surface area (Å²) < 4.78 is 0. The summed E-state index contributed by atoms with van der Waals surface area (Å²) in [5.41, 5.74) is 5.90. The van der Waals surface area contributed by atoms with Crippen molar-refractivity contribution in [2.75, 3.05) is 0 Å². The second-order valence-electron chi connectivity index (χ2n) is 3.42. The Labute approximate surface area is 75.6 Å². The first-order valence-electron chi connectivity index (χ1n) is 4.78. The zero-order valence-electron chi connectivity index (χ0n) is 8.57. The van der Waals surface area contributed by atoms with Gasteiger partial charge in [0.15, 0.2) is 0 Å². The van der Waals surface area contributed by atoms with Gasteiger partial charge in [0.25, 0.3) is 0 Å². The zero-order chi connectivity index (χ0) is 9.14. The molecule has 0 unspecified atom stereocenters. The largest absolute Gasteiger partial charge is 0.0613 e. The third kappa shape index (κ3) is 1.69. The SMILES string of the molecule is CCc1cc(C)cc(CC)c1C. The molecule has 12 heavy (non-hydrogen) atoms. The van der Waals surface area contributed by atoms with E-state index in [-0.39, 0.29) is 0 Å². The molecule has 0 spiro atoms. The van der Waals surface area contributed by atoms with Crippen molar-refractivity contribution in [2.24, 2.45) is 0 Å². The molecule has 0 N–H and O–H groups in total. The first kappa shape index (κ1) is 9.31. The molecule has 0 atom stereocenters. The van der Waals surface area contributed by atoms with E-state index in [2.05, 4.69) is 39.8 Å². The van der Waals surface area contributed by atoms with Crippen molar-refractivity contribution in [2.45, 2.75) is 40.5 Å². The van der Waals surface area contributed by atoms with Gasteiger partial charge in [-0.1, -0.05) is 31.5 Å². The Kier molecular flexibility index (Phi) is 2.91. The van der Waals surface area contributed by atoms with Gasteiger partial charge in [0.1, 0.15) is 0 Å². The molecule has 0 aliphatic carbocycles. The van der Waals surface area contributed by atoms with Crippen LogP contribution in [0.15, 0.2) is 12.1 Å². The van der Waals surface area contributed by atoms with E-state index in [0.29, 0.717) is 0 Å². The molecule has 0 aliphatic heterocycles. The average Bonchev–Trinajstić information content (AvgIpc) is 2.08. The van der Waals surface area contributed by atoms with Gasteiger partial charge in [-0.05, 0) is 43.4 Å². The van der Waals surface area contributed by atoms with Gasteiger partial charge < -0.3 is 0 Å². The summed E-state index contributed by atoms with van der Waals surface area (Å²) in [5.74, 6) is 0. The van der Waals surface area contributed by atoms with Gasteiger partial charge in [0.05, 0.1) is 0 Å². The van der Waals surface area contributed by atoms with Crippen LogP contribution in [0.2, 0.25) is 0 Å². The molecule has 0 aromatic heterocycles. The summed E-state index contributed by atoms with van der Waals surface area (Å²) in [5, 5.41) is 0. The van der Waals surface area contributed by atoms with Crippen LogP contribution in [0.5, 0.6) is 0 Å². The van der Waals surface area contributed by atoms with Gasteiger partial charge in [0, 0.05) is 0 Å². The Morgan fingerprint density at radius 2 is 1.33 bits per heavy atom. The van der Waals surface area contributed by atoms with Crippen molar-refractivity contribution in [1.29, 1.82) is 0 Å². The Balaban J connectivity index is 3.22. The molecule has 1 rings (SSSR count). The lowest BCUT2D eigenvalue weighted by atomic mass is 9.96. The van der Waals surface area contributed by atoms with Crippen LogP contribution in [-0.4, -0.2) is 0 Å². The molecule has 1 aromatic carbocycles. The Bertz CT molecular complexity index is 246. The number of hydrogen-bond donors (Lipinski definition) is 0. The molecule has 1 aromatic rings. The van der Waals surface area contributed by atoms with E-state index in [4.69, 9.17) is 0 Å². The maximum atomic E-state index is 2.30. The average molecular weight is 162 g/mol. The standard InChI is InChI=1S/C12H18/c1-5-11-7-9(3)8-12(6-2)10(11)4/h7-8H,5-6H2,1-4H3. The second kappa shape index (κ2) is 3.75. The maximum absolute atomic E-state index is 2.30. The third-order valence-corrected chi connectivity index (χ3v) is 2.53. The molecule has 0 nitrogen and oxygen atoms in total. The van der Waals surface area contributed by atoms with E-state index in [9.17, 15) is 0 Å². The molecule has 0 saturated carbocycles. The summed E-state index contributed by atoms with van der Waals surface area (Å²) >= 11 is 0. The number of benzene rings is 1. The van der Waals surface area contributed by atoms with Gasteiger partial charge in [-0.3, -0.25) is 0 Å². The van der Waals surface area contributed by atoms with Crippen molar-refractivity contribution in [3.63, 3.8) is 0 Å². The topological polar surface area (TPSA) is 0 Å². The van der Waals surface area contributed by atoms with Gasteiger partial charge in [-0.25, -0.2) is 0 Å². The fourth-order valence-corrected chi connectivity index (χ4v) is 1.75. The molecule has 0 fully saturated rings. The van der Waals surface area contributed by atoms with Gasteiger partial charge >= 0.3 is 0 Å². The molecule has 0 radical (unpaired) electrons. The Morgan fingerprint density at radius 3 is 1.67 bits per heavy atom. The van der Waals surface area contributed by atoms with E-state index < -0.39 is 0 Å². The van der Waals surface area contributed by atoms with Crippen molar-refractivity contribution < 1.29 is 0 Å². The van der Waals surface area contributed by atoms with E-state index >= 15 is 0 Å². The number of rotatable bonds is 2. The van der Waals surface area contributed by atoms with Crippen LogP contribution < -0.4 is 0 Å². The summed E-state index contributed by atoms with van der Waals surface area (Å²) in [6, 6.07) is 4.60. The van der Waals surface area contributed by atoms with Crippen LogP contribution in [-0.2, 0) is 12.8 Å².